The monoisotopic (exact) mass is 407 g/mol. The van der Waals surface area contributed by atoms with E-state index in [-0.39, 0.29) is 48.1 Å². The van der Waals surface area contributed by atoms with E-state index in [0.717, 1.165) is 6.07 Å². The summed E-state index contributed by atoms with van der Waals surface area (Å²) >= 11 is 0. The highest BCUT2D eigenvalue weighted by molar-refractivity contribution is 7.89. The highest BCUT2D eigenvalue weighted by Gasteiger charge is 2.30. The lowest BCUT2D eigenvalue weighted by Crippen LogP contribution is -2.48. The number of carbonyl (C=O) groups excluding carboxylic acids is 1. The van der Waals surface area contributed by atoms with Crippen molar-refractivity contribution in [1.82, 2.24) is 4.31 Å². The zero-order valence-electron chi connectivity index (χ0n) is 15.0. The van der Waals surface area contributed by atoms with Crippen LogP contribution in [0, 0.1) is 15.9 Å². The highest BCUT2D eigenvalue weighted by atomic mass is 32.2. The maximum atomic E-state index is 14.3. The van der Waals surface area contributed by atoms with Gasteiger partial charge in [0, 0.05) is 43.9 Å². The predicted molar refractivity (Wildman–Crippen MR) is 100 cm³/mol. The molecule has 28 heavy (non-hydrogen) atoms. The molecule has 0 aromatic heterocycles. The number of Topliss-reactive ketones (excluding diaryl/α,β-unsaturated/α-hetero) is 1. The van der Waals surface area contributed by atoms with Gasteiger partial charge >= 0.3 is 0 Å². The van der Waals surface area contributed by atoms with Gasteiger partial charge in [0.15, 0.2) is 5.78 Å². The molecule has 8 nitrogen and oxygen atoms in total. The van der Waals surface area contributed by atoms with Gasteiger partial charge in [-0.25, -0.2) is 12.8 Å². The third-order valence-corrected chi connectivity index (χ3v) is 6.49. The molecule has 2 aromatic carbocycles. The third kappa shape index (κ3) is 3.87. The maximum Gasteiger partial charge on any atom is 0.270 e. The average Bonchev–Trinajstić information content (AvgIpc) is 2.68. The minimum absolute atomic E-state index is 0.110. The number of piperazine rings is 1. The van der Waals surface area contributed by atoms with Crippen LogP contribution in [0.3, 0.4) is 0 Å². The summed E-state index contributed by atoms with van der Waals surface area (Å²) in [5, 5.41) is 10.9. The number of rotatable bonds is 5. The Morgan fingerprint density at radius 3 is 2.36 bits per heavy atom. The average molecular weight is 407 g/mol. The van der Waals surface area contributed by atoms with Gasteiger partial charge < -0.3 is 4.90 Å². The minimum Gasteiger partial charge on any atom is -0.367 e. The summed E-state index contributed by atoms with van der Waals surface area (Å²) in [6.07, 6.45) is 0. The van der Waals surface area contributed by atoms with Crippen molar-refractivity contribution >= 4 is 27.2 Å². The number of hydrogen-bond acceptors (Lipinski definition) is 6. The van der Waals surface area contributed by atoms with E-state index in [1.165, 1.54) is 47.6 Å². The van der Waals surface area contributed by atoms with Crippen molar-refractivity contribution in [2.75, 3.05) is 31.1 Å². The molecule has 0 bridgehead atoms. The largest absolute Gasteiger partial charge is 0.367 e. The molecule has 3 rings (SSSR count). The van der Waals surface area contributed by atoms with E-state index in [4.69, 9.17) is 0 Å². The van der Waals surface area contributed by atoms with Crippen LogP contribution in [-0.2, 0) is 10.0 Å². The molecule has 0 saturated carbocycles. The standard InChI is InChI=1S/C18H18FN3O5S/c1-13(23)14-5-6-18(17(19)11-14)20-7-9-21(10-8-20)28(26,27)16-4-2-3-15(12-16)22(24)25/h2-6,11-12H,7-10H2,1H3. The van der Waals surface area contributed by atoms with Crippen molar-refractivity contribution in [3.05, 3.63) is 64.0 Å². The highest BCUT2D eigenvalue weighted by Crippen LogP contribution is 2.25. The molecule has 148 valence electrons. The molecule has 0 radical (unpaired) electrons. The molecule has 0 spiro atoms. The molecule has 0 atom stereocenters. The molecule has 1 aliphatic heterocycles. The molecule has 0 unspecified atom stereocenters. The van der Waals surface area contributed by atoms with Crippen molar-refractivity contribution in [3.63, 3.8) is 0 Å². The summed E-state index contributed by atoms with van der Waals surface area (Å²) in [5.74, 6) is -0.777. The fourth-order valence-electron chi connectivity index (χ4n) is 3.06. The van der Waals surface area contributed by atoms with Crippen molar-refractivity contribution in [1.29, 1.82) is 0 Å². The number of anilines is 1. The van der Waals surface area contributed by atoms with Gasteiger partial charge in [0.05, 0.1) is 15.5 Å². The van der Waals surface area contributed by atoms with Crippen LogP contribution in [0.5, 0.6) is 0 Å². The summed E-state index contributed by atoms with van der Waals surface area (Å²) in [5.41, 5.74) is 0.276. The maximum absolute atomic E-state index is 14.3. The molecule has 1 heterocycles. The Labute approximate surface area is 161 Å². The van der Waals surface area contributed by atoms with Crippen LogP contribution < -0.4 is 4.90 Å². The lowest BCUT2D eigenvalue weighted by atomic mass is 10.1. The molecule has 0 amide bonds. The van der Waals surface area contributed by atoms with Crippen LogP contribution in [0.1, 0.15) is 17.3 Å². The number of non-ortho nitro benzene ring substituents is 1. The molecule has 1 fully saturated rings. The van der Waals surface area contributed by atoms with Crippen LogP contribution in [0.25, 0.3) is 0 Å². The number of nitro groups is 1. The van der Waals surface area contributed by atoms with Gasteiger partial charge in [0.25, 0.3) is 5.69 Å². The Bertz CT molecular complexity index is 1030. The second-order valence-electron chi connectivity index (χ2n) is 6.37. The second kappa shape index (κ2) is 7.64. The number of nitrogens with zero attached hydrogens (tertiary/aromatic N) is 3. The van der Waals surface area contributed by atoms with Gasteiger partial charge in [-0.3, -0.25) is 14.9 Å². The first-order valence-electron chi connectivity index (χ1n) is 8.50. The smallest absolute Gasteiger partial charge is 0.270 e. The van der Waals surface area contributed by atoms with Crippen molar-refractivity contribution in [3.8, 4) is 0 Å². The van der Waals surface area contributed by atoms with Crippen LogP contribution in [0.4, 0.5) is 15.8 Å². The van der Waals surface area contributed by atoms with E-state index in [0.29, 0.717) is 5.69 Å². The van der Waals surface area contributed by atoms with E-state index in [9.17, 15) is 27.7 Å². The van der Waals surface area contributed by atoms with E-state index in [1.807, 2.05) is 0 Å². The van der Waals surface area contributed by atoms with Crippen LogP contribution in [0.2, 0.25) is 0 Å². The fourth-order valence-corrected chi connectivity index (χ4v) is 4.52. The number of nitro benzene ring substituents is 1. The Balaban J connectivity index is 1.75. The lowest BCUT2D eigenvalue weighted by molar-refractivity contribution is -0.385. The second-order valence-corrected chi connectivity index (χ2v) is 8.31. The quantitative estimate of drug-likeness (QED) is 0.429. The Morgan fingerprint density at radius 1 is 1.11 bits per heavy atom. The lowest BCUT2D eigenvalue weighted by Gasteiger charge is -2.35. The third-order valence-electron chi connectivity index (χ3n) is 4.60. The van der Waals surface area contributed by atoms with Crippen molar-refractivity contribution in [2.24, 2.45) is 0 Å². The first-order chi connectivity index (χ1) is 13.2. The molecule has 10 heteroatoms. The van der Waals surface area contributed by atoms with Gasteiger partial charge in [0.2, 0.25) is 10.0 Å². The van der Waals surface area contributed by atoms with Gasteiger partial charge in [-0.15, -0.1) is 0 Å². The topological polar surface area (TPSA) is 101 Å². The van der Waals surface area contributed by atoms with Crippen LogP contribution in [0.15, 0.2) is 47.4 Å². The molecular weight excluding hydrogens is 389 g/mol. The van der Waals surface area contributed by atoms with E-state index in [1.54, 1.807) is 4.90 Å². The molecule has 1 aliphatic rings. The molecule has 0 aliphatic carbocycles. The Kier molecular flexibility index (Phi) is 5.43. The summed E-state index contributed by atoms with van der Waals surface area (Å²) in [4.78, 5) is 23.1. The summed E-state index contributed by atoms with van der Waals surface area (Å²) in [6.45, 7) is 2.08. The summed E-state index contributed by atoms with van der Waals surface area (Å²) < 4.78 is 41.1. The zero-order chi connectivity index (χ0) is 20.5. The van der Waals surface area contributed by atoms with Crippen LogP contribution >= 0.6 is 0 Å². The van der Waals surface area contributed by atoms with Gasteiger partial charge in [-0.1, -0.05) is 6.07 Å². The SMILES string of the molecule is CC(=O)c1ccc(N2CCN(S(=O)(=O)c3cccc([N+](=O)[O-])c3)CC2)c(F)c1. The van der Waals surface area contributed by atoms with Gasteiger partial charge in [-0.05, 0) is 31.2 Å². The van der Waals surface area contributed by atoms with Gasteiger partial charge in [-0.2, -0.15) is 4.31 Å². The van der Waals surface area contributed by atoms with Gasteiger partial charge in [0.1, 0.15) is 5.82 Å². The number of benzene rings is 2. The fraction of sp³-hybridized carbons (Fsp3) is 0.278. The summed E-state index contributed by atoms with van der Waals surface area (Å²) in [6, 6.07) is 9.11. The molecule has 0 N–H and O–H groups in total. The zero-order valence-corrected chi connectivity index (χ0v) is 15.9. The molecular formula is C18H18FN3O5S. The number of hydrogen-bond donors (Lipinski definition) is 0. The number of carbonyl (C=O) groups is 1. The van der Waals surface area contributed by atoms with Crippen molar-refractivity contribution in [2.45, 2.75) is 11.8 Å². The van der Waals surface area contributed by atoms with E-state index >= 15 is 0 Å². The predicted octanol–water partition coefficient (Wildman–Crippen LogP) is 2.45. The van der Waals surface area contributed by atoms with E-state index < -0.39 is 20.8 Å². The number of sulfonamides is 1. The molecule has 2 aromatic rings. The number of ketones is 1. The first-order valence-corrected chi connectivity index (χ1v) is 9.94. The van der Waals surface area contributed by atoms with Crippen LogP contribution in [-0.4, -0.2) is 49.6 Å². The van der Waals surface area contributed by atoms with Crippen molar-refractivity contribution < 1.29 is 22.5 Å². The Morgan fingerprint density at radius 2 is 1.79 bits per heavy atom. The Hall–Kier alpha value is -2.85. The minimum atomic E-state index is -3.89. The number of halogens is 1. The summed E-state index contributed by atoms with van der Waals surface area (Å²) in [7, 11) is -3.89. The van der Waals surface area contributed by atoms with E-state index in [2.05, 4.69) is 0 Å². The first kappa shape index (κ1) is 19.9. The normalized spacial score (nSPS) is 15.4. The molecule has 1 saturated heterocycles.